The van der Waals surface area contributed by atoms with Gasteiger partial charge in [0, 0.05) is 34.7 Å². The number of carbonyl (C=O) groups excluding carboxylic acids is 2. The number of hydrazone groups is 1. The molecule has 0 heterocycles. The van der Waals surface area contributed by atoms with E-state index in [1.54, 1.807) is 0 Å². The number of para-hydroxylation sites is 2. The standard InChI is InChI=1S/C25H24ClN3O3/c1-18-8-2-6-12-22(18)28-24(30)14-15-25(31)29-27-16-19-9-4-7-13-23(19)32-17-20-10-3-5-11-21(20)26/h2-13,16H,14-15,17H2,1H3,(H,28,30)(H,29,31). The molecule has 0 saturated heterocycles. The van der Waals surface area contributed by atoms with Gasteiger partial charge >= 0.3 is 0 Å². The van der Waals surface area contributed by atoms with Crippen molar-refractivity contribution in [2.24, 2.45) is 5.10 Å². The van der Waals surface area contributed by atoms with Gasteiger partial charge in [0.2, 0.25) is 11.8 Å². The van der Waals surface area contributed by atoms with Crippen LogP contribution in [-0.2, 0) is 16.2 Å². The Balaban J connectivity index is 1.48. The minimum Gasteiger partial charge on any atom is -0.488 e. The molecule has 0 fully saturated rings. The van der Waals surface area contributed by atoms with Gasteiger partial charge in [0.1, 0.15) is 12.4 Å². The van der Waals surface area contributed by atoms with Crippen molar-refractivity contribution in [3.63, 3.8) is 0 Å². The van der Waals surface area contributed by atoms with E-state index in [-0.39, 0.29) is 24.7 Å². The molecule has 164 valence electrons. The number of benzene rings is 3. The summed E-state index contributed by atoms with van der Waals surface area (Å²) in [6, 6.07) is 22.3. The summed E-state index contributed by atoms with van der Waals surface area (Å²) in [4.78, 5) is 24.1. The van der Waals surface area contributed by atoms with E-state index in [0.29, 0.717) is 22.9 Å². The highest BCUT2D eigenvalue weighted by atomic mass is 35.5. The lowest BCUT2D eigenvalue weighted by atomic mass is 10.2. The first kappa shape index (κ1) is 23.0. The third-order valence-electron chi connectivity index (χ3n) is 4.65. The normalized spacial score (nSPS) is 10.7. The Morgan fingerprint density at radius 1 is 0.938 bits per heavy atom. The van der Waals surface area contributed by atoms with Gasteiger partial charge in [-0.05, 0) is 36.8 Å². The predicted molar refractivity (Wildman–Crippen MR) is 127 cm³/mol. The Labute approximate surface area is 192 Å². The van der Waals surface area contributed by atoms with E-state index < -0.39 is 0 Å². The Morgan fingerprint density at radius 2 is 1.62 bits per heavy atom. The van der Waals surface area contributed by atoms with Gasteiger partial charge in [-0.1, -0.05) is 60.1 Å². The quantitative estimate of drug-likeness (QED) is 0.352. The average molecular weight is 450 g/mol. The molecular weight excluding hydrogens is 426 g/mol. The largest absolute Gasteiger partial charge is 0.488 e. The number of amides is 2. The minimum atomic E-state index is -0.351. The summed E-state index contributed by atoms with van der Waals surface area (Å²) in [6.07, 6.45) is 1.60. The van der Waals surface area contributed by atoms with Crippen LogP contribution in [0.25, 0.3) is 0 Å². The fourth-order valence-corrected chi connectivity index (χ4v) is 3.06. The van der Waals surface area contributed by atoms with Crippen LogP contribution in [0, 0.1) is 6.92 Å². The highest BCUT2D eigenvalue weighted by Gasteiger charge is 2.08. The molecule has 2 amide bonds. The zero-order chi connectivity index (χ0) is 22.8. The van der Waals surface area contributed by atoms with Crippen LogP contribution in [-0.4, -0.2) is 18.0 Å². The Bertz CT molecular complexity index is 1110. The van der Waals surface area contributed by atoms with Gasteiger partial charge in [0.25, 0.3) is 0 Å². The number of carbonyl (C=O) groups is 2. The fraction of sp³-hybridized carbons (Fsp3) is 0.160. The van der Waals surface area contributed by atoms with E-state index in [2.05, 4.69) is 15.8 Å². The van der Waals surface area contributed by atoms with E-state index in [0.717, 1.165) is 16.8 Å². The Hall–Kier alpha value is -3.64. The summed E-state index contributed by atoms with van der Waals surface area (Å²) in [7, 11) is 0. The second-order valence-electron chi connectivity index (χ2n) is 7.07. The SMILES string of the molecule is Cc1ccccc1NC(=O)CCC(=O)NN=Cc1ccccc1OCc1ccccc1Cl. The molecule has 0 spiro atoms. The molecule has 0 saturated carbocycles. The molecule has 0 atom stereocenters. The lowest BCUT2D eigenvalue weighted by Crippen LogP contribution is -2.20. The zero-order valence-electron chi connectivity index (χ0n) is 17.7. The summed E-state index contributed by atoms with van der Waals surface area (Å²) >= 11 is 6.17. The van der Waals surface area contributed by atoms with E-state index in [4.69, 9.17) is 16.3 Å². The van der Waals surface area contributed by atoms with Crippen LogP contribution in [0.15, 0.2) is 77.9 Å². The molecule has 3 aromatic carbocycles. The summed E-state index contributed by atoms with van der Waals surface area (Å²) in [5.41, 5.74) is 5.73. The van der Waals surface area contributed by atoms with Crippen LogP contribution in [0.3, 0.4) is 0 Å². The van der Waals surface area contributed by atoms with Gasteiger partial charge in [0.15, 0.2) is 0 Å². The maximum Gasteiger partial charge on any atom is 0.240 e. The van der Waals surface area contributed by atoms with Crippen LogP contribution in [0.2, 0.25) is 5.02 Å². The monoisotopic (exact) mass is 449 g/mol. The molecule has 0 aliphatic heterocycles. The summed E-state index contributed by atoms with van der Waals surface area (Å²) in [5.74, 6) is 0.0374. The fourth-order valence-electron chi connectivity index (χ4n) is 2.87. The summed E-state index contributed by atoms with van der Waals surface area (Å²) in [6.45, 7) is 2.22. The molecule has 2 N–H and O–H groups in total. The Kier molecular flexibility index (Phi) is 8.40. The lowest BCUT2D eigenvalue weighted by Gasteiger charge is -2.10. The number of nitrogens with zero attached hydrogens (tertiary/aromatic N) is 1. The van der Waals surface area contributed by atoms with E-state index in [9.17, 15) is 9.59 Å². The van der Waals surface area contributed by atoms with Gasteiger partial charge in [-0.2, -0.15) is 5.10 Å². The van der Waals surface area contributed by atoms with Crippen LogP contribution < -0.4 is 15.5 Å². The molecule has 0 aliphatic rings. The van der Waals surface area contributed by atoms with E-state index in [1.807, 2.05) is 79.7 Å². The average Bonchev–Trinajstić information content (AvgIpc) is 2.79. The predicted octanol–water partition coefficient (Wildman–Crippen LogP) is 5.10. The highest BCUT2D eigenvalue weighted by molar-refractivity contribution is 6.31. The molecule has 0 aromatic heterocycles. The molecule has 6 nitrogen and oxygen atoms in total. The topological polar surface area (TPSA) is 79.8 Å². The molecule has 7 heteroatoms. The van der Waals surface area contributed by atoms with Gasteiger partial charge in [-0.3, -0.25) is 9.59 Å². The van der Waals surface area contributed by atoms with Gasteiger partial charge in [0.05, 0.1) is 6.21 Å². The highest BCUT2D eigenvalue weighted by Crippen LogP contribution is 2.21. The van der Waals surface area contributed by atoms with Crippen molar-refractivity contribution in [3.05, 3.63) is 94.5 Å². The third-order valence-corrected chi connectivity index (χ3v) is 5.02. The maximum absolute atomic E-state index is 12.1. The maximum atomic E-state index is 12.1. The van der Waals surface area contributed by atoms with Crippen molar-refractivity contribution in [1.82, 2.24) is 5.43 Å². The number of rotatable bonds is 9. The first-order valence-electron chi connectivity index (χ1n) is 10.2. The Morgan fingerprint density at radius 3 is 2.44 bits per heavy atom. The van der Waals surface area contributed by atoms with Crippen molar-refractivity contribution in [2.75, 3.05) is 5.32 Å². The molecule has 32 heavy (non-hydrogen) atoms. The van der Waals surface area contributed by atoms with E-state index in [1.165, 1.54) is 6.21 Å². The van der Waals surface area contributed by atoms with Crippen molar-refractivity contribution >= 4 is 35.3 Å². The first-order valence-corrected chi connectivity index (χ1v) is 10.5. The number of nitrogens with one attached hydrogen (secondary N) is 2. The van der Waals surface area contributed by atoms with Gasteiger partial charge < -0.3 is 10.1 Å². The number of aryl methyl sites for hydroxylation is 1. The van der Waals surface area contributed by atoms with Crippen LogP contribution in [0.1, 0.15) is 29.5 Å². The van der Waals surface area contributed by atoms with Crippen LogP contribution in [0.4, 0.5) is 5.69 Å². The van der Waals surface area contributed by atoms with Crippen molar-refractivity contribution < 1.29 is 14.3 Å². The molecule has 3 rings (SSSR count). The van der Waals surface area contributed by atoms with Crippen LogP contribution >= 0.6 is 11.6 Å². The number of hydrogen-bond donors (Lipinski definition) is 2. The summed E-state index contributed by atoms with van der Waals surface area (Å²) in [5, 5.41) is 7.43. The minimum absolute atomic E-state index is 0.0275. The molecule has 0 unspecified atom stereocenters. The second-order valence-corrected chi connectivity index (χ2v) is 7.48. The van der Waals surface area contributed by atoms with Gasteiger partial charge in [-0.25, -0.2) is 5.43 Å². The molecule has 0 radical (unpaired) electrons. The van der Waals surface area contributed by atoms with Crippen molar-refractivity contribution in [1.29, 1.82) is 0 Å². The smallest absolute Gasteiger partial charge is 0.240 e. The van der Waals surface area contributed by atoms with Crippen LogP contribution in [0.5, 0.6) is 5.75 Å². The second kappa shape index (κ2) is 11.7. The van der Waals surface area contributed by atoms with Gasteiger partial charge in [-0.15, -0.1) is 0 Å². The number of halogens is 1. The number of ether oxygens (including phenoxy) is 1. The third kappa shape index (κ3) is 6.96. The molecular formula is C25H24ClN3O3. The molecule has 0 bridgehead atoms. The van der Waals surface area contributed by atoms with Crippen molar-refractivity contribution in [2.45, 2.75) is 26.4 Å². The first-order chi connectivity index (χ1) is 15.5. The zero-order valence-corrected chi connectivity index (χ0v) is 18.4. The number of anilines is 1. The molecule has 0 aliphatic carbocycles. The lowest BCUT2D eigenvalue weighted by molar-refractivity contribution is -0.124. The van der Waals surface area contributed by atoms with E-state index >= 15 is 0 Å². The molecule has 3 aromatic rings. The van der Waals surface area contributed by atoms with Crippen molar-refractivity contribution in [3.8, 4) is 5.75 Å². The number of hydrogen-bond acceptors (Lipinski definition) is 4. The summed E-state index contributed by atoms with van der Waals surface area (Å²) < 4.78 is 5.87.